The number of nitrogens with zero attached hydrogens (tertiary/aromatic N) is 5. The summed E-state index contributed by atoms with van der Waals surface area (Å²) in [4.78, 5) is 20.1. The summed E-state index contributed by atoms with van der Waals surface area (Å²) in [5.74, 6) is -0.922. The highest BCUT2D eigenvalue weighted by atomic mass is 19.1. The zero-order valence-corrected chi connectivity index (χ0v) is 14.1. The molecular weight excluding hydrogens is 335 g/mol. The van der Waals surface area contributed by atoms with Crippen LogP contribution in [0.4, 0.5) is 4.39 Å². The number of aryl methyl sites for hydroxylation is 2. The monoisotopic (exact) mass is 350 g/mol. The van der Waals surface area contributed by atoms with Crippen LogP contribution < -0.4 is 5.73 Å². The number of aromatic nitrogens is 5. The van der Waals surface area contributed by atoms with Gasteiger partial charge in [-0.2, -0.15) is 5.10 Å². The molecule has 7 nitrogen and oxygen atoms in total. The van der Waals surface area contributed by atoms with E-state index in [0.29, 0.717) is 28.4 Å². The molecule has 1 amide bonds. The third-order valence-electron chi connectivity index (χ3n) is 4.16. The lowest BCUT2D eigenvalue weighted by Gasteiger charge is -2.05. The van der Waals surface area contributed by atoms with Crippen molar-refractivity contribution in [2.24, 2.45) is 12.8 Å². The molecule has 0 fully saturated rings. The van der Waals surface area contributed by atoms with Crippen LogP contribution in [0.25, 0.3) is 28.2 Å². The predicted octanol–water partition coefficient (Wildman–Crippen LogP) is 2.34. The number of hydrogen-bond donors (Lipinski definition) is 1. The Morgan fingerprint density at radius 3 is 2.73 bits per heavy atom. The second-order valence-electron chi connectivity index (χ2n) is 5.98. The van der Waals surface area contributed by atoms with Crippen molar-refractivity contribution in [2.45, 2.75) is 6.92 Å². The molecule has 0 saturated carbocycles. The Hall–Kier alpha value is -3.55. The van der Waals surface area contributed by atoms with Crippen molar-refractivity contribution in [3.8, 4) is 22.5 Å². The van der Waals surface area contributed by atoms with Crippen molar-refractivity contribution in [3.05, 3.63) is 60.1 Å². The van der Waals surface area contributed by atoms with E-state index in [1.165, 1.54) is 12.3 Å². The molecule has 2 N–H and O–H groups in total. The molecule has 0 aliphatic carbocycles. The normalized spacial score (nSPS) is 11.2. The van der Waals surface area contributed by atoms with Crippen LogP contribution >= 0.6 is 0 Å². The minimum Gasteiger partial charge on any atom is -0.364 e. The van der Waals surface area contributed by atoms with Gasteiger partial charge in [0, 0.05) is 30.6 Å². The maximum Gasteiger partial charge on any atom is 0.267 e. The second kappa shape index (κ2) is 5.76. The highest BCUT2D eigenvalue weighted by Gasteiger charge is 2.16. The Balaban J connectivity index is 1.91. The SMILES string of the molecule is Cc1nc(-c2nn(C)cc2-c2ccc3ncc(C(N)=O)n3c2)ccc1F. The van der Waals surface area contributed by atoms with Gasteiger partial charge < -0.3 is 5.73 Å². The van der Waals surface area contributed by atoms with Crippen LogP contribution in [0.3, 0.4) is 0 Å². The van der Waals surface area contributed by atoms with Crippen LogP contribution in [0.5, 0.6) is 0 Å². The zero-order chi connectivity index (χ0) is 18.4. The van der Waals surface area contributed by atoms with E-state index in [1.54, 1.807) is 41.4 Å². The number of carbonyl (C=O) groups excluding carboxylic acids is 1. The van der Waals surface area contributed by atoms with E-state index in [-0.39, 0.29) is 5.82 Å². The van der Waals surface area contributed by atoms with Crippen LogP contribution in [0.1, 0.15) is 16.2 Å². The van der Waals surface area contributed by atoms with Crippen LogP contribution in [0.2, 0.25) is 0 Å². The number of imidazole rings is 1. The predicted molar refractivity (Wildman–Crippen MR) is 93.8 cm³/mol. The lowest BCUT2D eigenvalue weighted by Crippen LogP contribution is -2.13. The Kier molecular flexibility index (Phi) is 3.54. The van der Waals surface area contributed by atoms with Crippen LogP contribution in [0, 0.1) is 12.7 Å². The molecule has 4 rings (SSSR count). The first-order valence-corrected chi connectivity index (χ1v) is 7.88. The Morgan fingerprint density at radius 1 is 1.19 bits per heavy atom. The number of nitrogens with two attached hydrogens (primary N) is 1. The molecule has 8 heteroatoms. The average molecular weight is 350 g/mol. The van der Waals surface area contributed by atoms with Crippen molar-refractivity contribution >= 4 is 11.6 Å². The molecule has 26 heavy (non-hydrogen) atoms. The maximum absolute atomic E-state index is 13.6. The second-order valence-corrected chi connectivity index (χ2v) is 5.98. The minimum atomic E-state index is -0.558. The summed E-state index contributed by atoms with van der Waals surface area (Å²) in [6.45, 7) is 1.61. The number of carbonyl (C=O) groups is 1. The van der Waals surface area contributed by atoms with Crippen molar-refractivity contribution < 1.29 is 9.18 Å². The molecule has 0 atom stereocenters. The molecular formula is C18H15FN6O. The number of pyridine rings is 2. The third kappa shape index (κ3) is 2.52. The fourth-order valence-corrected chi connectivity index (χ4v) is 2.89. The highest BCUT2D eigenvalue weighted by molar-refractivity contribution is 5.92. The first-order valence-electron chi connectivity index (χ1n) is 7.88. The molecule has 4 heterocycles. The van der Waals surface area contributed by atoms with Crippen molar-refractivity contribution in [2.75, 3.05) is 0 Å². The molecule has 0 aliphatic rings. The first kappa shape index (κ1) is 15.9. The molecule has 4 aromatic heterocycles. The van der Waals surface area contributed by atoms with E-state index in [0.717, 1.165) is 11.1 Å². The standard InChI is InChI=1S/C18H15FN6O/c1-10-13(19)4-5-14(22-10)17-12(9-24(2)23-17)11-3-6-16-21-7-15(18(20)26)25(16)8-11/h3-9H,1-2H3,(H2,20,26). The first-order chi connectivity index (χ1) is 12.4. The molecule has 0 radical (unpaired) electrons. The molecule has 0 unspecified atom stereocenters. The third-order valence-corrected chi connectivity index (χ3v) is 4.16. The number of fused-ring (bicyclic) bond motifs is 1. The van der Waals surface area contributed by atoms with Gasteiger partial charge >= 0.3 is 0 Å². The minimum absolute atomic E-state index is 0.294. The van der Waals surface area contributed by atoms with Crippen LogP contribution in [0.15, 0.2) is 42.9 Å². The van der Waals surface area contributed by atoms with Gasteiger partial charge in [0.1, 0.15) is 22.9 Å². The largest absolute Gasteiger partial charge is 0.364 e. The maximum atomic E-state index is 13.6. The fraction of sp³-hybridized carbons (Fsp3) is 0.111. The van der Waals surface area contributed by atoms with E-state index >= 15 is 0 Å². The van der Waals surface area contributed by atoms with Gasteiger partial charge in [-0.25, -0.2) is 14.4 Å². The van der Waals surface area contributed by atoms with E-state index < -0.39 is 5.91 Å². The molecule has 0 aliphatic heterocycles. The number of halogens is 1. The zero-order valence-electron chi connectivity index (χ0n) is 14.1. The number of amides is 1. The van der Waals surface area contributed by atoms with Crippen LogP contribution in [-0.2, 0) is 7.05 Å². The summed E-state index contributed by atoms with van der Waals surface area (Å²) in [7, 11) is 1.80. The molecule has 4 aromatic rings. The average Bonchev–Trinajstić information content (AvgIpc) is 3.20. The topological polar surface area (TPSA) is 91.1 Å². The lowest BCUT2D eigenvalue weighted by atomic mass is 10.1. The number of hydrogen-bond acceptors (Lipinski definition) is 4. The number of rotatable bonds is 3. The van der Waals surface area contributed by atoms with Gasteiger partial charge in [0.25, 0.3) is 5.91 Å². The van der Waals surface area contributed by atoms with E-state index in [1.807, 2.05) is 12.3 Å². The Morgan fingerprint density at radius 2 is 2.00 bits per heavy atom. The van der Waals surface area contributed by atoms with Crippen molar-refractivity contribution in [3.63, 3.8) is 0 Å². The van der Waals surface area contributed by atoms with Crippen molar-refractivity contribution in [1.82, 2.24) is 24.1 Å². The fourth-order valence-electron chi connectivity index (χ4n) is 2.89. The smallest absolute Gasteiger partial charge is 0.267 e. The summed E-state index contributed by atoms with van der Waals surface area (Å²) in [6.07, 6.45) is 5.06. The van der Waals surface area contributed by atoms with Gasteiger partial charge in [0.05, 0.1) is 17.6 Å². The highest BCUT2D eigenvalue weighted by Crippen LogP contribution is 2.30. The van der Waals surface area contributed by atoms with E-state index in [9.17, 15) is 9.18 Å². The number of primary amides is 1. The summed E-state index contributed by atoms with van der Waals surface area (Å²) in [5, 5.41) is 4.47. The van der Waals surface area contributed by atoms with E-state index in [2.05, 4.69) is 15.1 Å². The molecule has 0 bridgehead atoms. The van der Waals surface area contributed by atoms with Gasteiger partial charge in [-0.15, -0.1) is 0 Å². The summed E-state index contributed by atoms with van der Waals surface area (Å²) < 4.78 is 16.9. The molecule has 130 valence electrons. The summed E-state index contributed by atoms with van der Waals surface area (Å²) in [5.41, 5.74) is 9.43. The quantitative estimate of drug-likeness (QED) is 0.614. The van der Waals surface area contributed by atoms with Gasteiger partial charge in [-0.05, 0) is 31.2 Å². The lowest BCUT2D eigenvalue weighted by molar-refractivity contribution is 0.0995. The molecule has 0 aromatic carbocycles. The van der Waals surface area contributed by atoms with Crippen LogP contribution in [-0.4, -0.2) is 30.1 Å². The Labute approximate surface area is 147 Å². The van der Waals surface area contributed by atoms with Crippen molar-refractivity contribution in [1.29, 1.82) is 0 Å². The summed E-state index contributed by atoms with van der Waals surface area (Å²) >= 11 is 0. The van der Waals surface area contributed by atoms with Gasteiger partial charge in [0.2, 0.25) is 0 Å². The van der Waals surface area contributed by atoms with Gasteiger partial charge in [0.15, 0.2) is 0 Å². The summed E-state index contributed by atoms with van der Waals surface area (Å²) in [6, 6.07) is 6.64. The Bertz CT molecular complexity index is 1160. The van der Waals surface area contributed by atoms with Gasteiger partial charge in [-0.1, -0.05) is 0 Å². The molecule has 0 saturated heterocycles. The van der Waals surface area contributed by atoms with E-state index in [4.69, 9.17) is 5.73 Å². The van der Waals surface area contributed by atoms with Gasteiger partial charge in [-0.3, -0.25) is 13.9 Å². The molecule has 0 spiro atoms.